The lowest BCUT2D eigenvalue weighted by atomic mass is 10.1. The molecule has 0 radical (unpaired) electrons. The highest BCUT2D eigenvalue weighted by atomic mass is 127. The fourth-order valence-corrected chi connectivity index (χ4v) is 4.34. The van der Waals surface area contributed by atoms with Crippen LogP contribution in [-0.4, -0.2) is 59.9 Å². The summed E-state index contributed by atoms with van der Waals surface area (Å²) in [6.45, 7) is 1.20. The van der Waals surface area contributed by atoms with Crippen molar-refractivity contribution in [3.05, 3.63) is 66.8 Å². The number of halogens is 6. The van der Waals surface area contributed by atoms with E-state index in [4.69, 9.17) is 5.11 Å². The minimum Gasteiger partial charge on any atom is -0.478 e. The number of amides is 1. The van der Waals surface area contributed by atoms with Crippen LogP contribution in [-0.2, 0) is 0 Å². The quantitative estimate of drug-likeness (QED) is 0.263. The van der Waals surface area contributed by atoms with Crippen LogP contribution >= 0.6 is 45.2 Å². The summed E-state index contributed by atoms with van der Waals surface area (Å²) in [6.07, 6.45) is -0.453. The van der Waals surface area contributed by atoms with Gasteiger partial charge in [0.2, 0.25) is 0 Å². The maximum absolute atomic E-state index is 13.0. The van der Waals surface area contributed by atoms with Gasteiger partial charge in [0.1, 0.15) is 0 Å². The molecule has 2 N–H and O–H groups in total. The molecule has 0 spiro atoms. The summed E-state index contributed by atoms with van der Waals surface area (Å²) in [5.74, 6) is -6.02. The first-order chi connectivity index (χ1) is 16.4. The summed E-state index contributed by atoms with van der Waals surface area (Å²) in [5, 5.41) is 11.4. The number of carboxylic acids is 1. The van der Waals surface area contributed by atoms with Crippen LogP contribution in [0.3, 0.4) is 0 Å². The molecule has 200 valence electrons. The Bertz CT molecular complexity index is 991. The predicted octanol–water partition coefficient (Wildman–Crippen LogP) is 6.79. The fourth-order valence-electron chi connectivity index (χ4n) is 3.26. The summed E-state index contributed by atoms with van der Waals surface area (Å²) in [5.41, 5.74) is 0.911. The van der Waals surface area contributed by atoms with Crippen LogP contribution in [0.4, 0.5) is 17.6 Å². The standard InChI is InChI=1S/C12H12F2INO.C7H5IO2.C5H9F2N.CH4/c13-12(14)4-6-16(7-5-12)11(17)9-2-1-3-10(15)8-9;8-6-3-1-2-5(4-6)7(9)10;6-5(7)1-3-8-4-2-5;/h1-3,8H,4-7H2;1-4H,(H,9,10);8H,1-4H2;1H4. The molecule has 36 heavy (non-hydrogen) atoms. The highest BCUT2D eigenvalue weighted by Gasteiger charge is 2.35. The third-order valence-electron chi connectivity index (χ3n) is 5.26. The predicted molar refractivity (Wildman–Crippen MR) is 149 cm³/mol. The van der Waals surface area contributed by atoms with Crippen LogP contribution in [0.1, 0.15) is 53.8 Å². The van der Waals surface area contributed by atoms with Gasteiger partial charge in [0.05, 0.1) is 5.56 Å². The molecule has 5 nitrogen and oxygen atoms in total. The van der Waals surface area contributed by atoms with Crippen molar-refractivity contribution in [1.82, 2.24) is 10.2 Å². The SMILES string of the molecule is C.FC1(F)CCNCC1.O=C(O)c1cccc(I)c1.O=C(c1cccc(I)c1)N1CCC(F)(F)CC1. The van der Waals surface area contributed by atoms with Gasteiger partial charge in [-0.1, -0.05) is 19.6 Å². The summed E-state index contributed by atoms with van der Waals surface area (Å²) < 4.78 is 52.2. The van der Waals surface area contributed by atoms with E-state index in [9.17, 15) is 27.2 Å². The van der Waals surface area contributed by atoms with Crippen molar-refractivity contribution in [2.24, 2.45) is 0 Å². The Balaban J connectivity index is 0.000000291. The van der Waals surface area contributed by atoms with Gasteiger partial charge in [-0.15, -0.1) is 0 Å². The number of rotatable bonds is 2. The molecular formula is C25H30F4I2N2O3. The van der Waals surface area contributed by atoms with E-state index in [2.05, 4.69) is 50.5 Å². The van der Waals surface area contributed by atoms with E-state index in [1.807, 2.05) is 12.1 Å². The number of benzene rings is 2. The lowest BCUT2D eigenvalue weighted by Crippen LogP contribution is -2.42. The Morgan fingerprint density at radius 1 is 0.806 bits per heavy atom. The molecule has 0 bridgehead atoms. The number of carbonyl (C=O) groups is 2. The lowest BCUT2D eigenvalue weighted by Gasteiger charge is -2.31. The van der Waals surface area contributed by atoms with Crippen molar-refractivity contribution < 1.29 is 32.3 Å². The molecule has 2 aromatic carbocycles. The van der Waals surface area contributed by atoms with E-state index in [0.29, 0.717) is 24.2 Å². The topological polar surface area (TPSA) is 69.6 Å². The van der Waals surface area contributed by atoms with Gasteiger partial charge in [-0.25, -0.2) is 22.4 Å². The normalized spacial score (nSPS) is 17.8. The van der Waals surface area contributed by atoms with Crippen molar-refractivity contribution in [2.75, 3.05) is 26.2 Å². The van der Waals surface area contributed by atoms with Crippen molar-refractivity contribution in [1.29, 1.82) is 0 Å². The molecule has 2 aliphatic rings. The molecule has 1 amide bonds. The molecule has 2 aliphatic heterocycles. The largest absolute Gasteiger partial charge is 0.478 e. The second kappa shape index (κ2) is 15.1. The third kappa shape index (κ3) is 11.7. The van der Waals surface area contributed by atoms with Gasteiger partial charge in [-0.3, -0.25) is 4.79 Å². The maximum atomic E-state index is 13.0. The Morgan fingerprint density at radius 3 is 1.64 bits per heavy atom. The van der Waals surface area contributed by atoms with Crippen molar-refractivity contribution in [3.63, 3.8) is 0 Å². The van der Waals surface area contributed by atoms with Gasteiger partial charge >= 0.3 is 5.97 Å². The van der Waals surface area contributed by atoms with Crippen LogP contribution < -0.4 is 5.32 Å². The number of alkyl halides is 4. The second-order valence-corrected chi connectivity index (χ2v) is 10.6. The molecule has 0 unspecified atom stereocenters. The average molecular weight is 736 g/mol. The van der Waals surface area contributed by atoms with E-state index >= 15 is 0 Å². The molecule has 2 heterocycles. The molecule has 11 heteroatoms. The minimum atomic E-state index is -2.61. The van der Waals surface area contributed by atoms with Crippen LogP contribution in [0.2, 0.25) is 0 Å². The Labute approximate surface area is 236 Å². The summed E-state index contributed by atoms with van der Waals surface area (Å²) in [7, 11) is 0. The van der Waals surface area contributed by atoms with E-state index in [-0.39, 0.29) is 52.1 Å². The van der Waals surface area contributed by atoms with Crippen LogP contribution in [0.15, 0.2) is 48.5 Å². The first-order valence-electron chi connectivity index (χ1n) is 10.9. The van der Waals surface area contributed by atoms with Crippen molar-refractivity contribution in [2.45, 2.75) is 45.0 Å². The zero-order valence-corrected chi connectivity index (χ0v) is 23.1. The Kier molecular flexibility index (Phi) is 13.6. The number of nitrogens with one attached hydrogen (secondary N) is 1. The van der Waals surface area contributed by atoms with Crippen molar-refractivity contribution >= 4 is 57.1 Å². The summed E-state index contributed by atoms with van der Waals surface area (Å²) >= 11 is 4.20. The van der Waals surface area contributed by atoms with Gasteiger partial charge in [-0.2, -0.15) is 0 Å². The zero-order chi connectivity index (χ0) is 26.1. The molecule has 0 aliphatic carbocycles. The number of likely N-dealkylation sites (tertiary alicyclic amines) is 1. The molecule has 0 atom stereocenters. The van der Waals surface area contributed by atoms with Gasteiger partial charge < -0.3 is 15.3 Å². The van der Waals surface area contributed by atoms with Gasteiger partial charge in [0, 0.05) is 64.6 Å². The highest BCUT2D eigenvalue weighted by Crippen LogP contribution is 2.28. The summed E-state index contributed by atoms with van der Waals surface area (Å²) in [4.78, 5) is 23.9. The zero-order valence-electron chi connectivity index (χ0n) is 18.8. The summed E-state index contributed by atoms with van der Waals surface area (Å²) in [6, 6.07) is 14.0. The average Bonchev–Trinajstić information content (AvgIpc) is 2.79. The maximum Gasteiger partial charge on any atom is 0.335 e. The molecule has 0 aromatic heterocycles. The monoisotopic (exact) mass is 736 g/mol. The van der Waals surface area contributed by atoms with Gasteiger partial charge in [-0.05, 0) is 81.6 Å². The van der Waals surface area contributed by atoms with E-state index in [1.54, 1.807) is 36.4 Å². The number of piperidine rings is 2. The molecule has 4 rings (SSSR count). The van der Waals surface area contributed by atoms with Crippen LogP contribution in [0.25, 0.3) is 0 Å². The van der Waals surface area contributed by atoms with Gasteiger partial charge in [0.25, 0.3) is 17.8 Å². The number of hydrogen-bond acceptors (Lipinski definition) is 3. The van der Waals surface area contributed by atoms with E-state index < -0.39 is 17.8 Å². The first-order valence-corrected chi connectivity index (χ1v) is 13.0. The first kappa shape index (κ1) is 32.5. The minimum absolute atomic E-state index is 0. The number of aromatic carboxylic acids is 1. The highest BCUT2D eigenvalue weighted by molar-refractivity contribution is 14.1. The fraction of sp³-hybridized carbons (Fsp3) is 0.440. The Hall–Kier alpha value is -1.48. The number of hydrogen-bond donors (Lipinski definition) is 2. The van der Waals surface area contributed by atoms with Crippen LogP contribution in [0, 0.1) is 7.14 Å². The number of carboxylic acid groups (broad SMARTS) is 1. The molecule has 0 saturated carbocycles. The number of carbonyl (C=O) groups excluding carboxylic acids is 1. The third-order valence-corrected chi connectivity index (χ3v) is 6.60. The van der Waals surface area contributed by atoms with E-state index in [0.717, 1.165) is 7.14 Å². The molecule has 2 fully saturated rings. The van der Waals surface area contributed by atoms with Crippen LogP contribution in [0.5, 0.6) is 0 Å². The smallest absolute Gasteiger partial charge is 0.335 e. The molecular weight excluding hydrogens is 706 g/mol. The lowest BCUT2D eigenvalue weighted by molar-refractivity contribution is -0.0494. The van der Waals surface area contributed by atoms with Gasteiger partial charge in [0.15, 0.2) is 0 Å². The number of nitrogens with zero attached hydrogens (tertiary/aromatic N) is 1. The second-order valence-electron chi connectivity index (χ2n) is 8.08. The molecule has 2 aromatic rings. The van der Waals surface area contributed by atoms with Crippen molar-refractivity contribution in [3.8, 4) is 0 Å². The Morgan fingerprint density at radius 2 is 1.25 bits per heavy atom. The van der Waals surface area contributed by atoms with E-state index in [1.165, 1.54) is 4.90 Å². The molecule has 2 saturated heterocycles.